The largest absolute Gasteiger partial charge is 0.352 e. The van der Waals surface area contributed by atoms with Gasteiger partial charge >= 0.3 is 0 Å². The molecule has 0 radical (unpaired) electrons. The van der Waals surface area contributed by atoms with E-state index in [1.54, 1.807) is 12.1 Å². The zero-order valence-corrected chi connectivity index (χ0v) is 17.5. The summed E-state index contributed by atoms with van der Waals surface area (Å²) in [6.45, 7) is 5.74. The fraction of sp³-hybridized carbons (Fsp3) is 0.375. The number of nitrogens with one attached hydrogen (secondary N) is 1. The average Bonchev–Trinajstić information content (AvgIpc) is 2.98. The van der Waals surface area contributed by atoms with E-state index in [0.29, 0.717) is 29.2 Å². The Labute approximate surface area is 176 Å². The van der Waals surface area contributed by atoms with Gasteiger partial charge in [0.1, 0.15) is 0 Å². The van der Waals surface area contributed by atoms with Crippen molar-refractivity contribution in [1.29, 1.82) is 0 Å². The number of hydrogen-bond acceptors (Lipinski definition) is 4. The SMILES string of the molecule is Cc1ccc(CN2CCC(CNC(=O)c3ccc4c(c3)C(=O)N(C)C4=O)CC2)cc1. The molecule has 3 amide bonds. The van der Waals surface area contributed by atoms with Gasteiger partial charge in [0.2, 0.25) is 0 Å². The van der Waals surface area contributed by atoms with E-state index in [1.807, 2.05) is 0 Å². The summed E-state index contributed by atoms with van der Waals surface area (Å²) in [5.41, 5.74) is 3.70. The number of carbonyl (C=O) groups is 3. The summed E-state index contributed by atoms with van der Waals surface area (Å²) in [4.78, 5) is 40.2. The minimum absolute atomic E-state index is 0.199. The molecule has 4 rings (SSSR count). The van der Waals surface area contributed by atoms with E-state index in [1.165, 1.54) is 24.2 Å². The van der Waals surface area contributed by atoms with Crippen molar-refractivity contribution >= 4 is 17.7 Å². The molecule has 30 heavy (non-hydrogen) atoms. The van der Waals surface area contributed by atoms with Crippen molar-refractivity contribution < 1.29 is 14.4 Å². The zero-order valence-electron chi connectivity index (χ0n) is 17.5. The van der Waals surface area contributed by atoms with E-state index in [0.717, 1.165) is 37.4 Å². The average molecular weight is 405 g/mol. The van der Waals surface area contributed by atoms with Crippen LogP contribution in [-0.2, 0) is 6.54 Å². The molecule has 6 heteroatoms. The summed E-state index contributed by atoms with van der Waals surface area (Å²) in [6.07, 6.45) is 2.10. The van der Waals surface area contributed by atoms with Crippen molar-refractivity contribution in [1.82, 2.24) is 15.1 Å². The van der Waals surface area contributed by atoms with Gasteiger partial charge in [0.15, 0.2) is 0 Å². The number of imide groups is 1. The number of nitrogens with zero attached hydrogens (tertiary/aromatic N) is 2. The first kappa shape index (κ1) is 20.3. The van der Waals surface area contributed by atoms with Gasteiger partial charge in [0.25, 0.3) is 17.7 Å². The molecule has 0 aliphatic carbocycles. The molecular formula is C24H27N3O3. The Kier molecular flexibility index (Phi) is 5.68. The normalized spacial score (nSPS) is 17.3. The molecule has 0 bridgehead atoms. The van der Waals surface area contributed by atoms with Gasteiger partial charge in [-0.15, -0.1) is 0 Å². The molecule has 0 aromatic heterocycles. The maximum atomic E-state index is 12.6. The second-order valence-electron chi connectivity index (χ2n) is 8.34. The summed E-state index contributed by atoms with van der Waals surface area (Å²) in [5.74, 6) is -0.424. The number of benzene rings is 2. The van der Waals surface area contributed by atoms with Crippen molar-refractivity contribution in [2.45, 2.75) is 26.3 Å². The smallest absolute Gasteiger partial charge is 0.261 e. The quantitative estimate of drug-likeness (QED) is 0.777. The number of rotatable bonds is 5. The van der Waals surface area contributed by atoms with Crippen molar-refractivity contribution in [3.05, 3.63) is 70.3 Å². The molecule has 1 saturated heterocycles. The Hall–Kier alpha value is -2.99. The van der Waals surface area contributed by atoms with Crippen LogP contribution in [-0.4, -0.2) is 54.2 Å². The van der Waals surface area contributed by atoms with Crippen molar-refractivity contribution in [2.75, 3.05) is 26.7 Å². The molecule has 0 spiro atoms. The first-order chi connectivity index (χ1) is 14.4. The maximum absolute atomic E-state index is 12.6. The molecule has 0 saturated carbocycles. The zero-order chi connectivity index (χ0) is 21.3. The molecule has 156 valence electrons. The summed E-state index contributed by atoms with van der Waals surface area (Å²) in [5, 5.41) is 3.00. The van der Waals surface area contributed by atoms with Crippen LogP contribution < -0.4 is 5.32 Å². The van der Waals surface area contributed by atoms with Crippen LogP contribution in [0.5, 0.6) is 0 Å². The van der Waals surface area contributed by atoms with Crippen LogP contribution in [0.4, 0.5) is 0 Å². The summed E-state index contributed by atoms with van der Waals surface area (Å²) < 4.78 is 0. The third kappa shape index (κ3) is 4.14. The Morgan fingerprint density at radius 3 is 2.37 bits per heavy atom. The molecule has 0 atom stereocenters. The van der Waals surface area contributed by atoms with E-state index in [2.05, 4.69) is 41.4 Å². The third-order valence-electron chi connectivity index (χ3n) is 6.14. The topological polar surface area (TPSA) is 69.7 Å². The maximum Gasteiger partial charge on any atom is 0.261 e. The first-order valence-electron chi connectivity index (χ1n) is 10.4. The summed E-state index contributed by atoms with van der Waals surface area (Å²) in [7, 11) is 1.45. The van der Waals surface area contributed by atoms with E-state index in [4.69, 9.17) is 0 Å². The molecule has 2 aliphatic heterocycles. The fourth-order valence-corrected chi connectivity index (χ4v) is 4.14. The second-order valence-corrected chi connectivity index (χ2v) is 8.34. The van der Waals surface area contributed by atoms with Crippen LogP contribution in [0, 0.1) is 12.8 Å². The highest BCUT2D eigenvalue weighted by molar-refractivity contribution is 6.21. The van der Waals surface area contributed by atoms with Gasteiger partial charge < -0.3 is 5.32 Å². The van der Waals surface area contributed by atoms with E-state index in [9.17, 15) is 14.4 Å². The number of piperidine rings is 1. The lowest BCUT2D eigenvalue weighted by molar-refractivity contribution is 0.0693. The highest BCUT2D eigenvalue weighted by atomic mass is 16.2. The lowest BCUT2D eigenvalue weighted by Gasteiger charge is -2.32. The van der Waals surface area contributed by atoms with Crippen LogP contribution in [0.15, 0.2) is 42.5 Å². The lowest BCUT2D eigenvalue weighted by atomic mass is 9.96. The standard InChI is InChI=1S/C24H27N3O3/c1-16-3-5-18(6-4-16)15-27-11-9-17(10-12-27)14-25-22(28)19-7-8-20-21(13-19)24(30)26(2)23(20)29/h3-8,13,17H,9-12,14-15H2,1-2H3,(H,25,28). The molecule has 2 aliphatic rings. The van der Waals surface area contributed by atoms with Gasteiger partial charge in [0.05, 0.1) is 11.1 Å². The highest BCUT2D eigenvalue weighted by Crippen LogP contribution is 2.23. The van der Waals surface area contributed by atoms with Gasteiger partial charge in [-0.2, -0.15) is 0 Å². The predicted octanol–water partition coefficient (Wildman–Crippen LogP) is 2.86. The Morgan fingerprint density at radius 2 is 1.67 bits per heavy atom. The second kappa shape index (κ2) is 8.40. The molecule has 1 N–H and O–H groups in total. The number of aryl methyl sites for hydroxylation is 1. The van der Waals surface area contributed by atoms with Crippen molar-refractivity contribution in [2.24, 2.45) is 5.92 Å². The van der Waals surface area contributed by atoms with Crippen LogP contribution >= 0.6 is 0 Å². The van der Waals surface area contributed by atoms with E-state index < -0.39 is 0 Å². The van der Waals surface area contributed by atoms with Crippen LogP contribution in [0.2, 0.25) is 0 Å². The van der Waals surface area contributed by atoms with Crippen molar-refractivity contribution in [3.63, 3.8) is 0 Å². The molecule has 2 aromatic rings. The molecule has 1 fully saturated rings. The monoisotopic (exact) mass is 405 g/mol. The number of fused-ring (bicyclic) bond motifs is 1. The minimum Gasteiger partial charge on any atom is -0.352 e. The molecule has 6 nitrogen and oxygen atoms in total. The molecular weight excluding hydrogens is 378 g/mol. The Morgan fingerprint density at radius 1 is 1.00 bits per heavy atom. The summed E-state index contributed by atoms with van der Waals surface area (Å²) >= 11 is 0. The lowest BCUT2D eigenvalue weighted by Crippen LogP contribution is -2.38. The number of carbonyl (C=O) groups excluding carboxylic acids is 3. The van der Waals surface area contributed by atoms with Gasteiger partial charge in [0, 0.05) is 25.7 Å². The molecule has 2 heterocycles. The van der Waals surface area contributed by atoms with Gasteiger partial charge in [-0.05, 0) is 62.5 Å². The fourth-order valence-electron chi connectivity index (χ4n) is 4.14. The van der Waals surface area contributed by atoms with Crippen molar-refractivity contribution in [3.8, 4) is 0 Å². The Bertz CT molecular complexity index is 976. The van der Waals surface area contributed by atoms with Gasteiger partial charge in [-0.1, -0.05) is 29.8 Å². The molecule has 2 aromatic carbocycles. The van der Waals surface area contributed by atoms with Crippen LogP contribution in [0.3, 0.4) is 0 Å². The van der Waals surface area contributed by atoms with Gasteiger partial charge in [-0.25, -0.2) is 0 Å². The highest BCUT2D eigenvalue weighted by Gasteiger charge is 2.33. The van der Waals surface area contributed by atoms with Crippen LogP contribution in [0.1, 0.15) is 55.0 Å². The van der Waals surface area contributed by atoms with E-state index >= 15 is 0 Å². The first-order valence-corrected chi connectivity index (χ1v) is 10.4. The Balaban J connectivity index is 1.27. The van der Waals surface area contributed by atoms with E-state index in [-0.39, 0.29) is 17.7 Å². The number of hydrogen-bond donors (Lipinski definition) is 1. The van der Waals surface area contributed by atoms with Gasteiger partial charge in [-0.3, -0.25) is 24.2 Å². The number of likely N-dealkylation sites (tertiary alicyclic amines) is 1. The third-order valence-corrected chi connectivity index (χ3v) is 6.14. The number of amides is 3. The van der Waals surface area contributed by atoms with Crippen LogP contribution in [0.25, 0.3) is 0 Å². The summed E-state index contributed by atoms with van der Waals surface area (Å²) in [6, 6.07) is 13.4. The predicted molar refractivity (Wildman–Crippen MR) is 114 cm³/mol. The molecule has 0 unspecified atom stereocenters. The minimum atomic E-state index is -0.356.